The molecule has 2 aromatic carbocycles. The predicted octanol–water partition coefficient (Wildman–Crippen LogP) is 4.56. The third-order valence-electron chi connectivity index (χ3n) is 4.99. The lowest BCUT2D eigenvalue weighted by Gasteiger charge is -2.14. The fourth-order valence-electron chi connectivity index (χ4n) is 3.55. The smallest absolute Gasteiger partial charge is 0.265 e. The number of para-hydroxylation sites is 1. The zero-order valence-corrected chi connectivity index (χ0v) is 18.3. The first kappa shape index (κ1) is 20.1. The van der Waals surface area contributed by atoms with E-state index < -0.39 is 0 Å². The van der Waals surface area contributed by atoms with Gasteiger partial charge in [0.2, 0.25) is 5.91 Å². The Morgan fingerprint density at radius 2 is 2.00 bits per heavy atom. The number of nitrogens with one attached hydrogen (secondary N) is 1. The molecule has 5 rings (SSSR count). The van der Waals surface area contributed by atoms with Crippen LogP contribution in [0.25, 0.3) is 16.7 Å². The topological polar surface area (TPSA) is 81.8 Å². The molecule has 1 atom stereocenters. The number of rotatable bonds is 4. The summed E-state index contributed by atoms with van der Waals surface area (Å²) in [4.78, 5) is 30.5. The summed E-state index contributed by atoms with van der Waals surface area (Å²) in [7, 11) is 0. The van der Waals surface area contributed by atoms with Crippen LogP contribution in [0.4, 0.5) is 5.69 Å². The van der Waals surface area contributed by atoms with E-state index in [2.05, 4.69) is 15.4 Å². The first-order valence-electron chi connectivity index (χ1n) is 9.44. The van der Waals surface area contributed by atoms with Crippen molar-refractivity contribution in [1.82, 2.24) is 19.3 Å². The third kappa shape index (κ3) is 3.71. The molecule has 2 aromatic heterocycles. The van der Waals surface area contributed by atoms with Gasteiger partial charge < -0.3 is 5.32 Å². The van der Waals surface area contributed by atoms with Crippen LogP contribution in [0.2, 0.25) is 10.0 Å². The molecule has 0 saturated heterocycles. The van der Waals surface area contributed by atoms with Crippen molar-refractivity contribution in [3.05, 3.63) is 75.1 Å². The molecule has 0 radical (unpaired) electrons. The normalized spacial score (nSPS) is 15.2. The number of carbonyl (C=O) groups excluding carboxylic acids is 1. The number of amides is 1. The summed E-state index contributed by atoms with van der Waals surface area (Å²) in [6.45, 7) is 0. The van der Waals surface area contributed by atoms with E-state index >= 15 is 0 Å². The number of fused-ring (bicyclic) bond motifs is 2. The quantitative estimate of drug-likeness (QED) is 0.441. The Kier molecular flexibility index (Phi) is 5.21. The van der Waals surface area contributed by atoms with E-state index in [1.165, 1.54) is 18.0 Å². The summed E-state index contributed by atoms with van der Waals surface area (Å²) in [6.07, 6.45) is 1.64. The van der Waals surface area contributed by atoms with E-state index in [1.807, 2.05) is 30.3 Å². The van der Waals surface area contributed by atoms with Crippen molar-refractivity contribution in [1.29, 1.82) is 0 Å². The van der Waals surface area contributed by atoms with Crippen LogP contribution in [0.5, 0.6) is 0 Å². The number of carbonyl (C=O) groups is 1. The van der Waals surface area contributed by atoms with Crippen LogP contribution in [0.15, 0.2) is 64.7 Å². The van der Waals surface area contributed by atoms with Gasteiger partial charge in [-0.05, 0) is 30.3 Å². The van der Waals surface area contributed by atoms with Gasteiger partial charge in [0.05, 0.1) is 28.6 Å². The largest absolute Gasteiger partial charge is 0.325 e. The van der Waals surface area contributed by atoms with Crippen LogP contribution in [-0.2, 0) is 4.79 Å². The first-order chi connectivity index (χ1) is 15.0. The molecule has 0 fully saturated rings. The van der Waals surface area contributed by atoms with Crippen LogP contribution < -0.4 is 10.9 Å². The van der Waals surface area contributed by atoms with Crippen molar-refractivity contribution in [3.8, 4) is 5.69 Å². The monoisotopic (exact) mass is 471 g/mol. The minimum atomic E-state index is -0.317. The number of nitrogens with zero attached hydrogens (tertiary/aromatic N) is 4. The molecule has 0 spiro atoms. The molecule has 3 heterocycles. The van der Waals surface area contributed by atoms with Crippen molar-refractivity contribution < 1.29 is 4.79 Å². The van der Waals surface area contributed by atoms with Gasteiger partial charge in [-0.25, -0.2) is 9.67 Å². The highest BCUT2D eigenvalue weighted by Gasteiger charge is 2.29. The minimum absolute atomic E-state index is 0.114. The van der Waals surface area contributed by atoms with E-state index in [0.29, 0.717) is 37.7 Å². The lowest BCUT2D eigenvalue weighted by molar-refractivity contribution is -0.116. The standard InChI is InChI=1S/C21H15Cl2N5O2S/c22-12-6-7-16(23)17(8-12)25-18(29)9-14-11-31-21-26-19-15(20(30)27(14)21)10-24-28(19)13-4-2-1-3-5-13/h1-8,10,14H,9,11H2,(H,25,29). The molecule has 0 saturated carbocycles. The number of halogens is 2. The highest BCUT2D eigenvalue weighted by atomic mass is 35.5. The summed E-state index contributed by atoms with van der Waals surface area (Å²) in [5, 5.41) is 8.99. The molecule has 1 amide bonds. The Labute approximate surface area is 191 Å². The Balaban J connectivity index is 1.45. The van der Waals surface area contributed by atoms with Crippen LogP contribution >= 0.6 is 35.0 Å². The number of hydrogen-bond acceptors (Lipinski definition) is 5. The minimum Gasteiger partial charge on any atom is -0.325 e. The average Bonchev–Trinajstić information content (AvgIpc) is 3.36. The van der Waals surface area contributed by atoms with E-state index in [9.17, 15) is 9.59 Å². The maximum Gasteiger partial charge on any atom is 0.265 e. The SMILES string of the molecule is O=C(CC1CSc2nc3c(cnn3-c3ccccc3)c(=O)n21)Nc1cc(Cl)ccc1Cl. The van der Waals surface area contributed by atoms with Crippen molar-refractivity contribution in [2.45, 2.75) is 17.6 Å². The predicted molar refractivity (Wildman–Crippen MR) is 123 cm³/mol. The van der Waals surface area contributed by atoms with Crippen molar-refractivity contribution in [3.63, 3.8) is 0 Å². The Morgan fingerprint density at radius 1 is 1.19 bits per heavy atom. The molecule has 10 heteroatoms. The molecule has 1 unspecified atom stereocenters. The van der Waals surface area contributed by atoms with Gasteiger partial charge in [-0.15, -0.1) is 0 Å². The van der Waals surface area contributed by atoms with Gasteiger partial charge in [0.15, 0.2) is 10.8 Å². The summed E-state index contributed by atoms with van der Waals surface area (Å²) in [5.74, 6) is 0.319. The Morgan fingerprint density at radius 3 is 2.81 bits per heavy atom. The van der Waals surface area contributed by atoms with Gasteiger partial charge in [0.25, 0.3) is 5.56 Å². The van der Waals surface area contributed by atoms with Gasteiger partial charge in [0.1, 0.15) is 5.39 Å². The van der Waals surface area contributed by atoms with Gasteiger partial charge >= 0.3 is 0 Å². The number of hydrogen-bond donors (Lipinski definition) is 1. The zero-order chi connectivity index (χ0) is 21.5. The lowest BCUT2D eigenvalue weighted by atomic mass is 10.2. The van der Waals surface area contributed by atoms with E-state index in [1.54, 1.807) is 27.4 Å². The zero-order valence-electron chi connectivity index (χ0n) is 16.0. The van der Waals surface area contributed by atoms with Crippen molar-refractivity contribution in [2.75, 3.05) is 11.1 Å². The van der Waals surface area contributed by atoms with Crippen molar-refractivity contribution >= 4 is 57.6 Å². The molecule has 1 N–H and O–H groups in total. The summed E-state index contributed by atoms with van der Waals surface area (Å²) < 4.78 is 3.24. The number of benzene rings is 2. The second-order valence-electron chi connectivity index (χ2n) is 7.04. The summed E-state index contributed by atoms with van der Waals surface area (Å²) in [5.41, 5.74) is 1.57. The molecule has 31 heavy (non-hydrogen) atoms. The maximum absolute atomic E-state index is 13.2. The fourth-order valence-corrected chi connectivity index (χ4v) is 5.01. The Hall–Kier alpha value is -2.81. The fraction of sp³-hybridized carbons (Fsp3) is 0.143. The summed E-state index contributed by atoms with van der Waals surface area (Å²) >= 11 is 13.6. The lowest BCUT2D eigenvalue weighted by Crippen LogP contribution is -2.27. The molecule has 1 aliphatic rings. The summed E-state index contributed by atoms with van der Waals surface area (Å²) in [6, 6.07) is 14.1. The number of aromatic nitrogens is 4. The second-order valence-corrected chi connectivity index (χ2v) is 8.87. The van der Waals surface area contributed by atoms with E-state index in [-0.39, 0.29) is 23.9 Å². The van der Waals surface area contributed by atoms with Gasteiger partial charge in [-0.3, -0.25) is 14.2 Å². The van der Waals surface area contributed by atoms with Crippen molar-refractivity contribution in [2.24, 2.45) is 0 Å². The van der Waals surface area contributed by atoms with Crippen LogP contribution in [0.3, 0.4) is 0 Å². The molecular formula is C21H15Cl2N5O2S. The molecule has 0 bridgehead atoms. The van der Waals surface area contributed by atoms with Crippen LogP contribution in [0.1, 0.15) is 12.5 Å². The molecule has 4 aromatic rings. The molecule has 7 nitrogen and oxygen atoms in total. The van der Waals surface area contributed by atoms with E-state index in [0.717, 1.165) is 5.69 Å². The highest BCUT2D eigenvalue weighted by molar-refractivity contribution is 7.99. The van der Waals surface area contributed by atoms with E-state index in [4.69, 9.17) is 23.2 Å². The van der Waals surface area contributed by atoms with Gasteiger partial charge in [-0.2, -0.15) is 5.10 Å². The Bertz CT molecular complexity index is 1370. The van der Waals surface area contributed by atoms with Crippen LogP contribution in [-0.4, -0.2) is 31.0 Å². The second kappa shape index (κ2) is 8.03. The maximum atomic E-state index is 13.2. The average molecular weight is 472 g/mol. The first-order valence-corrected chi connectivity index (χ1v) is 11.2. The number of anilines is 1. The molecular weight excluding hydrogens is 457 g/mol. The molecule has 156 valence electrons. The van der Waals surface area contributed by atoms with Gasteiger partial charge in [0, 0.05) is 17.2 Å². The van der Waals surface area contributed by atoms with Crippen LogP contribution in [0, 0.1) is 0 Å². The third-order valence-corrected chi connectivity index (χ3v) is 6.66. The molecule has 0 aliphatic carbocycles. The number of thioether (sulfide) groups is 1. The molecule has 1 aliphatic heterocycles. The van der Waals surface area contributed by atoms with Gasteiger partial charge in [-0.1, -0.05) is 53.2 Å². The highest BCUT2D eigenvalue weighted by Crippen LogP contribution is 2.34.